The lowest BCUT2D eigenvalue weighted by molar-refractivity contribution is -0.113. The molecule has 0 saturated heterocycles. The monoisotopic (exact) mass is 457 g/mol. The van der Waals surface area contributed by atoms with Crippen molar-refractivity contribution in [3.63, 3.8) is 0 Å². The second kappa shape index (κ2) is 9.58. The van der Waals surface area contributed by atoms with Gasteiger partial charge in [-0.2, -0.15) is 0 Å². The Morgan fingerprint density at radius 1 is 0.879 bits per heavy atom. The summed E-state index contributed by atoms with van der Waals surface area (Å²) in [6, 6.07) is 14.2. The van der Waals surface area contributed by atoms with Crippen molar-refractivity contribution in [3.8, 4) is 17.1 Å². The van der Waals surface area contributed by atoms with Gasteiger partial charge < -0.3 is 5.32 Å². The third kappa shape index (κ3) is 4.98. The Balaban J connectivity index is 1.62. The fourth-order valence-corrected chi connectivity index (χ4v) is 4.58. The summed E-state index contributed by atoms with van der Waals surface area (Å²) in [7, 11) is 0. The predicted octanol–water partition coefficient (Wildman–Crippen LogP) is 5.60. The van der Waals surface area contributed by atoms with Gasteiger partial charge in [0.15, 0.2) is 11.0 Å². The highest BCUT2D eigenvalue weighted by Crippen LogP contribution is 2.29. The Labute approximate surface area is 198 Å². The van der Waals surface area contributed by atoms with E-state index in [2.05, 4.69) is 71.6 Å². The third-order valence-corrected chi connectivity index (χ3v) is 6.52. The maximum atomic E-state index is 12.8. The quantitative estimate of drug-likeness (QED) is 0.382. The molecule has 1 N–H and O–H groups in total. The van der Waals surface area contributed by atoms with Crippen LogP contribution in [0, 0.1) is 34.6 Å². The lowest BCUT2D eigenvalue weighted by Gasteiger charge is -2.14. The van der Waals surface area contributed by atoms with Gasteiger partial charge >= 0.3 is 0 Å². The second-order valence-electron chi connectivity index (χ2n) is 8.26. The van der Waals surface area contributed by atoms with Crippen LogP contribution in [0.1, 0.15) is 27.8 Å². The molecular formula is C26H27N5OS. The van der Waals surface area contributed by atoms with E-state index in [1.807, 2.05) is 30.5 Å². The van der Waals surface area contributed by atoms with Crippen molar-refractivity contribution in [1.82, 2.24) is 19.7 Å². The third-order valence-electron chi connectivity index (χ3n) is 5.59. The van der Waals surface area contributed by atoms with Crippen LogP contribution in [0.3, 0.4) is 0 Å². The van der Waals surface area contributed by atoms with E-state index in [1.165, 1.54) is 28.5 Å². The van der Waals surface area contributed by atoms with Crippen molar-refractivity contribution in [2.75, 3.05) is 11.1 Å². The minimum Gasteiger partial charge on any atom is -0.325 e. The maximum Gasteiger partial charge on any atom is 0.234 e. The number of rotatable bonds is 6. The van der Waals surface area contributed by atoms with Crippen molar-refractivity contribution in [2.24, 2.45) is 0 Å². The Bertz CT molecular complexity index is 1290. The van der Waals surface area contributed by atoms with Crippen LogP contribution in [0.2, 0.25) is 0 Å². The highest BCUT2D eigenvalue weighted by Gasteiger charge is 2.18. The Hall–Kier alpha value is -3.45. The zero-order valence-corrected chi connectivity index (χ0v) is 20.3. The number of aromatic nitrogens is 4. The van der Waals surface area contributed by atoms with Crippen molar-refractivity contribution < 1.29 is 4.79 Å². The van der Waals surface area contributed by atoms with Crippen molar-refractivity contribution in [2.45, 2.75) is 39.8 Å². The molecule has 0 atom stereocenters. The molecule has 7 heteroatoms. The largest absolute Gasteiger partial charge is 0.325 e. The summed E-state index contributed by atoms with van der Waals surface area (Å²) >= 11 is 1.37. The highest BCUT2D eigenvalue weighted by molar-refractivity contribution is 7.99. The van der Waals surface area contributed by atoms with Gasteiger partial charge in [0.2, 0.25) is 5.91 Å². The van der Waals surface area contributed by atoms with Gasteiger partial charge in [-0.3, -0.25) is 14.3 Å². The first-order valence-corrected chi connectivity index (χ1v) is 11.8. The summed E-state index contributed by atoms with van der Waals surface area (Å²) in [5, 5.41) is 12.6. The van der Waals surface area contributed by atoms with Crippen LogP contribution >= 0.6 is 11.8 Å². The number of nitrogens with zero attached hydrogens (tertiary/aromatic N) is 4. The number of carbonyl (C=O) groups excluding carboxylic acids is 1. The van der Waals surface area contributed by atoms with Crippen molar-refractivity contribution in [3.05, 3.63) is 82.7 Å². The van der Waals surface area contributed by atoms with E-state index in [0.717, 1.165) is 28.1 Å². The summed E-state index contributed by atoms with van der Waals surface area (Å²) in [5.41, 5.74) is 8.45. The van der Waals surface area contributed by atoms with Crippen LogP contribution in [-0.2, 0) is 4.79 Å². The van der Waals surface area contributed by atoms with Gasteiger partial charge in [0.05, 0.1) is 11.4 Å². The summed E-state index contributed by atoms with van der Waals surface area (Å²) in [6.07, 6.45) is 3.47. The van der Waals surface area contributed by atoms with E-state index < -0.39 is 0 Å². The molecule has 0 aliphatic rings. The van der Waals surface area contributed by atoms with Gasteiger partial charge in [0.1, 0.15) is 0 Å². The normalized spacial score (nSPS) is 10.9. The predicted molar refractivity (Wildman–Crippen MR) is 134 cm³/mol. The summed E-state index contributed by atoms with van der Waals surface area (Å²) in [4.78, 5) is 16.9. The number of hydrogen-bond donors (Lipinski definition) is 1. The average Bonchev–Trinajstić information content (AvgIpc) is 3.21. The molecule has 2 aromatic heterocycles. The Kier molecular flexibility index (Phi) is 6.60. The van der Waals surface area contributed by atoms with Gasteiger partial charge in [-0.05, 0) is 81.1 Å². The van der Waals surface area contributed by atoms with Crippen LogP contribution < -0.4 is 5.32 Å². The number of benzene rings is 2. The molecule has 0 bridgehead atoms. The number of anilines is 1. The zero-order chi connectivity index (χ0) is 23.5. The van der Waals surface area contributed by atoms with Crippen LogP contribution in [0.25, 0.3) is 17.1 Å². The number of hydrogen-bond acceptors (Lipinski definition) is 5. The van der Waals surface area contributed by atoms with Crippen molar-refractivity contribution in [1.29, 1.82) is 0 Å². The molecule has 0 spiro atoms. The minimum atomic E-state index is -0.0739. The van der Waals surface area contributed by atoms with Gasteiger partial charge in [0.25, 0.3) is 0 Å². The zero-order valence-electron chi connectivity index (χ0n) is 19.5. The molecule has 0 aliphatic heterocycles. The van der Waals surface area contributed by atoms with Crippen LogP contribution in [-0.4, -0.2) is 31.4 Å². The van der Waals surface area contributed by atoms with Crippen molar-refractivity contribution >= 4 is 23.4 Å². The van der Waals surface area contributed by atoms with E-state index >= 15 is 0 Å². The SMILES string of the molecule is Cc1cc(C)c(NC(=O)CSc2nnc(-c3ccncc3)n2-c2ccc(C)c(C)c2)c(C)c1. The minimum absolute atomic E-state index is 0.0739. The lowest BCUT2D eigenvalue weighted by atomic mass is 10.1. The first kappa shape index (κ1) is 22.7. The molecule has 6 nitrogen and oxygen atoms in total. The molecule has 4 aromatic rings. The molecule has 0 saturated carbocycles. The molecule has 168 valence electrons. The maximum absolute atomic E-state index is 12.8. The van der Waals surface area contributed by atoms with Gasteiger partial charge in [-0.15, -0.1) is 10.2 Å². The first-order valence-electron chi connectivity index (χ1n) is 10.8. The molecular weight excluding hydrogens is 430 g/mol. The van der Waals surface area contributed by atoms with Gasteiger partial charge in [0, 0.05) is 23.6 Å². The van der Waals surface area contributed by atoms with E-state index in [4.69, 9.17) is 0 Å². The molecule has 2 heterocycles. The molecule has 1 amide bonds. The molecule has 0 fully saturated rings. The fourth-order valence-electron chi connectivity index (χ4n) is 3.83. The topological polar surface area (TPSA) is 72.7 Å². The average molecular weight is 458 g/mol. The first-order chi connectivity index (χ1) is 15.8. The van der Waals surface area contributed by atoms with Crippen LogP contribution in [0.15, 0.2) is 60.0 Å². The number of carbonyl (C=O) groups is 1. The second-order valence-corrected chi connectivity index (χ2v) is 9.20. The molecule has 0 radical (unpaired) electrons. The molecule has 0 unspecified atom stereocenters. The standard InChI is InChI=1S/C26H27N5OS/c1-16-12-19(4)24(20(5)13-16)28-23(32)15-33-26-30-29-25(21-8-10-27-11-9-21)31(26)22-7-6-17(2)18(3)14-22/h6-14H,15H2,1-5H3,(H,28,32). The van der Waals surface area contributed by atoms with Crippen LogP contribution in [0.4, 0.5) is 5.69 Å². The Morgan fingerprint density at radius 2 is 1.58 bits per heavy atom. The number of thioether (sulfide) groups is 1. The van der Waals surface area contributed by atoms with Crippen LogP contribution in [0.5, 0.6) is 0 Å². The highest BCUT2D eigenvalue weighted by atomic mass is 32.2. The number of aryl methyl sites for hydroxylation is 5. The molecule has 33 heavy (non-hydrogen) atoms. The lowest BCUT2D eigenvalue weighted by Crippen LogP contribution is -2.16. The number of amides is 1. The summed E-state index contributed by atoms with van der Waals surface area (Å²) in [6.45, 7) is 10.3. The van der Waals surface area contributed by atoms with E-state index in [9.17, 15) is 4.79 Å². The van der Waals surface area contributed by atoms with E-state index in [0.29, 0.717) is 11.0 Å². The van der Waals surface area contributed by atoms with Gasteiger partial charge in [-0.25, -0.2) is 0 Å². The fraction of sp³-hybridized carbons (Fsp3) is 0.231. The smallest absolute Gasteiger partial charge is 0.234 e. The Morgan fingerprint density at radius 3 is 2.24 bits per heavy atom. The number of nitrogens with one attached hydrogen (secondary N) is 1. The van der Waals surface area contributed by atoms with E-state index in [-0.39, 0.29) is 11.7 Å². The summed E-state index contributed by atoms with van der Waals surface area (Å²) in [5.74, 6) is 0.871. The summed E-state index contributed by atoms with van der Waals surface area (Å²) < 4.78 is 2.00. The van der Waals surface area contributed by atoms with Gasteiger partial charge in [-0.1, -0.05) is 35.5 Å². The molecule has 4 rings (SSSR count). The number of pyridine rings is 1. The molecule has 0 aliphatic carbocycles. The molecule has 2 aromatic carbocycles. The van der Waals surface area contributed by atoms with E-state index in [1.54, 1.807) is 12.4 Å².